The fraction of sp³-hybridized carbons (Fsp3) is 0.941. The summed E-state index contributed by atoms with van der Waals surface area (Å²) in [6.07, 6.45) is 6.22. The Morgan fingerprint density at radius 3 is 2.74 bits per heavy atom. The third-order valence-electron chi connectivity index (χ3n) is 5.07. The number of hydrogen-bond donors (Lipinski definition) is 1. The summed E-state index contributed by atoms with van der Waals surface area (Å²) in [5.41, 5.74) is 0.383. The first-order valence-electron chi connectivity index (χ1n) is 8.75. The number of methoxy groups -OCH3 is 1. The summed E-state index contributed by atoms with van der Waals surface area (Å²) < 4.78 is 10.8. The maximum absolute atomic E-state index is 5.48. The number of nitrogens with zero attached hydrogens (tertiary/aromatic N) is 2. The number of rotatable bonds is 8. The molecular weight excluding hydrogens is 405 g/mol. The van der Waals surface area contributed by atoms with E-state index in [1.54, 1.807) is 7.11 Å². The van der Waals surface area contributed by atoms with E-state index in [1.165, 1.54) is 25.7 Å². The van der Waals surface area contributed by atoms with Gasteiger partial charge in [-0.25, -0.2) is 0 Å². The summed E-state index contributed by atoms with van der Waals surface area (Å²) in [4.78, 5) is 7.21. The first-order chi connectivity index (χ1) is 10.7. The van der Waals surface area contributed by atoms with Crippen LogP contribution in [0.2, 0.25) is 0 Å². The number of nitrogens with one attached hydrogen (secondary N) is 1. The van der Waals surface area contributed by atoms with Crippen molar-refractivity contribution < 1.29 is 9.47 Å². The average Bonchev–Trinajstić information content (AvgIpc) is 2.97. The summed E-state index contributed by atoms with van der Waals surface area (Å²) in [7, 11) is 3.93. The van der Waals surface area contributed by atoms with E-state index in [0.29, 0.717) is 11.3 Å². The fourth-order valence-corrected chi connectivity index (χ4v) is 3.40. The van der Waals surface area contributed by atoms with Crippen molar-refractivity contribution in [3.63, 3.8) is 0 Å². The van der Waals surface area contributed by atoms with Gasteiger partial charge in [0.1, 0.15) is 0 Å². The van der Waals surface area contributed by atoms with Gasteiger partial charge in [-0.2, -0.15) is 0 Å². The molecule has 2 aliphatic rings. The van der Waals surface area contributed by atoms with Gasteiger partial charge in [-0.05, 0) is 38.0 Å². The highest BCUT2D eigenvalue weighted by molar-refractivity contribution is 14.0. The SMILES string of the molecule is CCNC(=NCC1(CCOC)CCC1)N(C)CC1CCOC1.I. The zero-order valence-corrected chi connectivity index (χ0v) is 17.3. The maximum Gasteiger partial charge on any atom is 0.193 e. The van der Waals surface area contributed by atoms with Crippen molar-refractivity contribution in [2.45, 2.75) is 39.0 Å². The average molecular weight is 439 g/mol. The Morgan fingerprint density at radius 2 is 2.22 bits per heavy atom. The van der Waals surface area contributed by atoms with E-state index in [1.807, 2.05) is 0 Å². The Bertz CT molecular complexity index is 356. The van der Waals surface area contributed by atoms with Crippen LogP contribution in [-0.4, -0.2) is 64.5 Å². The Morgan fingerprint density at radius 1 is 1.43 bits per heavy atom. The number of aliphatic imine (C=N–C) groups is 1. The van der Waals surface area contributed by atoms with Crippen LogP contribution in [-0.2, 0) is 9.47 Å². The van der Waals surface area contributed by atoms with Crippen molar-refractivity contribution in [2.75, 3.05) is 53.6 Å². The Kier molecular flexibility index (Phi) is 9.77. The molecule has 1 unspecified atom stereocenters. The molecule has 2 fully saturated rings. The van der Waals surface area contributed by atoms with E-state index in [9.17, 15) is 0 Å². The largest absolute Gasteiger partial charge is 0.385 e. The third-order valence-corrected chi connectivity index (χ3v) is 5.07. The smallest absolute Gasteiger partial charge is 0.193 e. The molecule has 6 heteroatoms. The van der Waals surface area contributed by atoms with Crippen molar-refractivity contribution in [1.82, 2.24) is 10.2 Å². The summed E-state index contributed by atoms with van der Waals surface area (Å²) >= 11 is 0. The van der Waals surface area contributed by atoms with Crippen molar-refractivity contribution >= 4 is 29.9 Å². The lowest BCUT2D eigenvalue weighted by Crippen LogP contribution is -2.43. The standard InChI is InChI=1S/C17H33N3O2.HI/c1-4-18-16(20(2)12-15-6-10-22-13-15)19-14-17(7-5-8-17)9-11-21-3;/h15H,4-14H2,1-3H3,(H,18,19);1H. The van der Waals surface area contributed by atoms with E-state index in [2.05, 4.69) is 24.2 Å². The van der Waals surface area contributed by atoms with E-state index < -0.39 is 0 Å². The van der Waals surface area contributed by atoms with Gasteiger partial charge in [0.15, 0.2) is 5.96 Å². The molecule has 0 aromatic rings. The van der Waals surface area contributed by atoms with Gasteiger partial charge in [0, 0.05) is 52.9 Å². The molecule has 5 nitrogen and oxygen atoms in total. The molecule has 1 N–H and O–H groups in total. The van der Waals surface area contributed by atoms with Crippen LogP contribution in [0.1, 0.15) is 39.0 Å². The van der Waals surface area contributed by atoms with Gasteiger partial charge >= 0.3 is 0 Å². The molecule has 0 bridgehead atoms. The molecule has 1 heterocycles. The fourth-order valence-electron chi connectivity index (χ4n) is 3.40. The minimum Gasteiger partial charge on any atom is -0.385 e. The first-order valence-corrected chi connectivity index (χ1v) is 8.75. The second-order valence-electron chi connectivity index (χ2n) is 6.88. The molecular formula is C17H34IN3O2. The summed E-state index contributed by atoms with van der Waals surface area (Å²) in [5, 5.41) is 3.44. The molecule has 23 heavy (non-hydrogen) atoms. The van der Waals surface area contributed by atoms with Crippen molar-refractivity contribution in [3.05, 3.63) is 0 Å². The van der Waals surface area contributed by atoms with Crippen molar-refractivity contribution in [3.8, 4) is 0 Å². The number of halogens is 1. The van der Waals surface area contributed by atoms with Gasteiger partial charge < -0.3 is 19.7 Å². The monoisotopic (exact) mass is 439 g/mol. The van der Waals surface area contributed by atoms with Crippen LogP contribution in [0, 0.1) is 11.3 Å². The topological polar surface area (TPSA) is 46.1 Å². The molecule has 1 aliphatic heterocycles. The molecule has 2 rings (SSSR count). The highest BCUT2D eigenvalue weighted by Crippen LogP contribution is 2.44. The summed E-state index contributed by atoms with van der Waals surface area (Å²) in [6, 6.07) is 0. The molecule has 0 radical (unpaired) electrons. The van der Waals surface area contributed by atoms with Gasteiger partial charge in [-0.15, -0.1) is 24.0 Å². The van der Waals surface area contributed by atoms with E-state index in [4.69, 9.17) is 14.5 Å². The highest BCUT2D eigenvalue weighted by atomic mass is 127. The molecule has 1 aliphatic carbocycles. The molecule has 1 saturated heterocycles. The van der Waals surface area contributed by atoms with Crippen molar-refractivity contribution in [2.24, 2.45) is 16.3 Å². The van der Waals surface area contributed by atoms with Crippen molar-refractivity contribution in [1.29, 1.82) is 0 Å². The zero-order chi connectivity index (χ0) is 15.8. The van der Waals surface area contributed by atoms with Gasteiger partial charge in [0.05, 0.1) is 6.61 Å². The minimum absolute atomic E-state index is 0. The molecule has 0 aromatic carbocycles. The van der Waals surface area contributed by atoms with Crippen LogP contribution in [0.3, 0.4) is 0 Å². The van der Waals surface area contributed by atoms with E-state index >= 15 is 0 Å². The van der Waals surface area contributed by atoms with Crippen LogP contribution in [0.25, 0.3) is 0 Å². The van der Waals surface area contributed by atoms with E-state index in [-0.39, 0.29) is 24.0 Å². The van der Waals surface area contributed by atoms with E-state index in [0.717, 1.165) is 51.8 Å². The Balaban J connectivity index is 0.00000264. The normalized spacial score (nSPS) is 23.1. The van der Waals surface area contributed by atoms with Gasteiger partial charge in [0.25, 0.3) is 0 Å². The molecule has 0 amide bonds. The van der Waals surface area contributed by atoms with Crippen LogP contribution in [0.15, 0.2) is 4.99 Å². The second kappa shape index (κ2) is 10.7. The highest BCUT2D eigenvalue weighted by Gasteiger charge is 2.36. The number of guanidine groups is 1. The quantitative estimate of drug-likeness (QED) is 0.359. The second-order valence-corrected chi connectivity index (χ2v) is 6.88. The molecule has 0 spiro atoms. The summed E-state index contributed by atoms with van der Waals surface area (Å²) in [6.45, 7) is 7.64. The van der Waals surface area contributed by atoms with Crippen LogP contribution in [0.4, 0.5) is 0 Å². The molecule has 1 atom stereocenters. The molecule has 0 aromatic heterocycles. The lowest BCUT2D eigenvalue weighted by Gasteiger charge is -2.41. The maximum atomic E-state index is 5.48. The Labute approximate surface area is 158 Å². The third kappa shape index (κ3) is 6.38. The Hall–Kier alpha value is -0.0800. The molecule has 136 valence electrons. The zero-order valence-electron chi connectivity index (χ0n) is 15.0. The van der Waals surface area contributed by atoms with Gasteiger partial charge in [-0.3, -0.25) is 4.99 Å². The predicted octanol–water partition coefficient (Wildman–Crippen LogP) is 2.75. The van der Waals surface area contributed by atoms with Gasteiger partial charge in [0.2, 0.25) is 0 Å². The summed E-state index contributed by atoms with van der Waals surface area (Å²) in [5.74, 6) is 1.68. The lowest BCUT2D eigenvalue weighted by molar-refractivity contribution is 0.0776. The van der Waals surface area contributed by atoms with Crippen LogP contribution < -0.4 is 5.32 Å². The lowest BCUT2D eigenvalue weighted by atomic mass is 9.67. The van der Waals surface area contributed by atoms with Crippen LogP contribution >= 0.6 is 24.0 Å². The van der Waals surface area contributed by atoms with Crippen LogP contribution in [0.5, 0.6) is 0 Å². The predicted molar refractivity (Wildman–Crippen MR) is 106 cm³/mol. The van der Waals surface area contributed by atoms with Gasteiger partial charge in [-0.1, -0.05) is 6.42 Å². The molecule has 1 saturated carbocycles. The number of ether oxygens (including phenoxy) is 2. The minimum atomic E-state index is 0. The number of hydrogen-bond acceptors (Lipinski definition) is 3. The first kappa shape index (κ1) is 21.0.